The van der Waals surface area contributed by atoms with Gasteiger partial charge in [0.2, 0.25) is 0 Å². The van der Waals surface area contributed by atoms with Crippen LogP contribution in [0.1, 0.15) is 37.3 Å². The molecule has 0 amide bonds. The van der Waals surface area contributed by atoms with Crippen molar-refractivity contribution >= 4 is 18.2 Å². The number of ether oxygens (including phenoxy) is 1. The number of rotatable bonds is 5. The fraction of sp³-hybridized carbons (Fsp3) is 0.533. The second-order valence-corrected chi connectivity index (χ2v) is 5.14. The Labute approximate surface area is 122 Å². The standard InChI is InChI=1S/C15H24N2O.ClH/c1-11(2)13-7-6-12(3)10-14(13)18-9-8-15(16)17(4)5;/h6-7,10-11,16H,8-9H2,1-5H3;1H. The van der Waals surface area contributed by atoms with Gasteiger partial charge in [-0.05, 0) is 30.0 Å². The highest BCUT2D eigenvalue weighted by atomic mass is 35.5. The van der Waals surface area contributed by atoms with Crippen molar-refractivity contribution in [1.82, 2.24) is 4.90 Å². The van der Waals surface area contributed by atoms with Gasteiger partial charge in [-0.1, -0.05) is 26.0 Å². The third-order valence-electron chi connectivity index (χ3n) is 2.93. The molecular formula is C15H25ClN2O. The van der Waals surface area contributed by atoms with Gasteiger partial charge in [-0.25, -0.2) is 0 Å². The van der Waals surface area contributed by atoms with Gasteiger partial charge < -0.3 is 9.64 Å². The van der Waals surface area contributed by atoms with Crippen LogP contribution in [0.4, 0.5) is 0 Å². The first-order chi connectivity index (χ1) is 8.41. The summed E-state index contributed by atoms with van der Waals surface area (Å²) in [6.45, 7) is 6.96. The summed E-state index contributed by atoms with van der Waals surface area (Å²) < 4.78 is 5.83. The van der Waals surface area contributed by atoms with Gasteiger partial charge in [-0.2, -0.15) is 0 Å². The van der Waals surface area contributed by atoms with Crippen molar-refractivity contribution < 1.29 is 4.74 Å². The number of aryl methyl sites for hydroxylation is 1. The summed E-state index contributed by atoms with van der Waals surface area (Å²) in [5.41, 5.74) is 2.44. The normalized spacial score (nSPS) is 10.0. The van der Waals surface area contributed by atoms with Crippen molar-refractivity contribution in [2.24, 2.45) is 0 Å². The fourth-order valence-corrected chi connectivity index (χ4v) is 1.72. The van der Waals surface area contributed by atoms with Crippen LogP contribution in [-0.2, 0) is 0 Å². The predicted octanol–water partition coefficient (Wildman–Crippen LogP) is 3.85. The van der Waals surface area contributed by atoms with Gasteiger partial charge in [0.15, 0.2) is 0 Å². The largest absolute Gasteiger partial charge is 0.493 e. The SMILES string of the molecule is Cc1ccc(C(C)C)c(OCCC(=N)N(C)C)c1.Cl. The van der Waals surface area contributed by atoms with Crippen molar-refractivity contribution in [3.05, 3.63) is 29.3 Å². The van der Waals surface area contributed by atoms with E-state index >= 15 is 0 Å². The first-order valence-electron chi connectivity index (χ1n) is 6.40. The van der Waals surface area contributed by atoms with E-state index in [9.17, 15) is 0 Å². The highest BCUT2D eigenvalue weighted by Gasteiger charge is 2.08. The third kappa shape index (κ3) is 5.52. The molecular weight excluding hydrogens is 260 g/mol. The van der Waals surface area contributed by atoms with Crippen LogP contribution in [0.3, 0.4) is 0 Å². The monoisotopic (exact) mass is 284 g/mol. The molecule has 19 heavy (non-hydrogen) atoms. The van der Waals surface area contributed by atoms with Gasteiger partial charge in [-0.3, -0.25) is 5.41 Å². The topological polar surface area (TPSA) is 36.3 Å². The average molecular weight is 285 g/mol. The van der Waals surface area contributed by atoms with Crippen molar-refractivity contribution in [2.45, 2.75) is 33.1 Å². The van der Waals surface area contributed by atoms with E-state index in [0.29, 0.717) is 24.8 Å². The van der Waals surface area contributed by atoms with Gasteiger partial charge in [0.05, 0.1) is 12.4 Å². The molecule has 0 atom stereocenters. The fourth-order valence-electron chi connectivity index (χ4n) is 1.72. The van der Waals surface area contributed by atoms with Crippen molar-refractivity contribution in [2.75, 3.05) is 20.7 Å². The molecule has 0 aliphatic carbocycles. The maximum Gasteiger partial charge on any atom is 0.123 e. The average Bonchev–Trinajstić information content (AvgIpc) is 2.28. The van der Waals surface area contributed by atoms with E-state index in [1.807, 2.05) is 19.0 Å². The zero-order chi connectivity index (χ0) is 13.7. The summed E-state index contributed by atoms with van der Waals surface area (Å²) >= 11 is 0. The molecule has 0 aromatic heterocycles. The molecule has 0 aliphatic heterocycles. The zero-order valence-corrected chi connectivity index (χ0v) is 13.3. The van der Waals surface area contributed by atoms with Crippen LogP contribution in [0.2, 0.25) is 0 Å². The predicted molar refractivity (Wildman–Crippen MR) is 84.0 cm³/mol. The first kappa shape index (κ1) is 17.8. The summed E-state index contributed by atoms with van der Waals surface area (Å²) in [5.74, 6) is 2.00. The summed E-state index contributed by atoms with van der Waals surface area (Å²) in [7, 11) is 3.77. The highest BCUT2D eigenvalue weighted by molar-refractivity contribution is 5.85. The molecule has 4 heteroatoms. The Bertz CT molecular complexity index is 417. The lowest BCUT2D eigenvalue weighted by Gasteiger charge is -2.17. The second-order valence-electron chi connectivity index (χ2n) is 5.14. The molecule has 3 nitrogen and oxygen atoms in total. The Hall–Kier alpha value is -1.22. The second kappa shape index (κ2) is 8.05. The van der Waals surface area contributed by atoms with Crippen LogP contribution >= 0.6 is 12.4 Å². The number of hydrogen-bond donors (Lipinski definition) is 1. The van der Waals surface area contributed by atoms with Crippen LogP contribution in [0, 0.1) is 12.3 Å². The Morgan fingerprint density at radius 3 is 2.47 bits per heavy atom. The molecule has 0 heterocycles. The Morgan fingerprint density at radius 2 is 1.95 bits per heavy atom. The molecule has 1 N–H and O–H groups in total. The van der Waals surface area contributed by atoms with E-state index in [1.54, 1.807) is 0 Å². The smallest absolute Gasteiger partial charge is 0.123 e. The number of nitrogens with one attached hydrogen (secondary N) is 1. The van der Waals surface area contributed by atoms with Gasteiger partial charge in [0.25, 0.3) is 0 Å². The van der Waals surface area contributed by atoms with E-state index < -0.39 is 0 Å². The van der Waals surface area contributed by atoms with E-state index in [1.165, 1.54) is 11.1 Å². The number of hydrogen-bond acceptors (Lipinski definition) is 2. The van der Waals surface area contributed by atoms with Crippen molar-refractivity contribution in [3.63, 3.8) is 0 Å². The van der Waals surface area contributed by atoms with Crippen LogP contribution in [0.15, 0.2) is 18.2 Å². The maximum atomic E-state index is 7.74. The van der Waals surface area contributed by atoms with Crippen molar-refractivity contribution in [1.29, 1.82) is 5.41 Å². The summed E-state index contributed by atoms with van der Waals surface area (Å²) in [4.78, 5) is 1.81. The molecule has 0 aliphatic rings. The van der Waals surface area contributed by atoms with E-state index in [-0.39, 0.29) is 12.4 Å². The number of benzene rings is 1. The molecule has 1 rings (SSSR count). The molecule has 1 aromatic carbocycles. The van der Waals surface area contributed by atoms with Crippen LogP contribution in [-0.4, -0.2) is 31.4 Å². The molecule has 108 valence electrons. The Morgan fingerprint density at radius 1 is 1.32 bits per heavy atom. The lowest BCUT2D eigenvalue weighted by Crippen LogP contribution is -2.22. The van der Waals surface area contributed by atoms with Gasteiger partial charge in [0, 0.05) is 20.5 Å². The Kier molecular flexibility index (Phi) is 7.53. The minimum absolute atomic E-state index is 0. The molecule has 0 saturated carbocycles. The number of amidine groups is 1. The molecule has 0 saturated heterocycles. The molecule has 0 spiro atoms. The first-order valence-corrected chi connectivity index (χ1v) is 6.40. The lowest BCUT2D eigenvalue weighted by molar-refractivity contribution is 0.319. The molecule has 0 radical (unpaired) electrons. The highest BCUT2D eigenvalue weighted by Crippen LogP contribution is 2.27. The summed E-state index contributed by atoms with van der Waals surface area (Å²) in [6, 6.07) is 6.32. The van der Waals surface area contributed by atoms with Gasteiger partial charge in [0.1, 0.15) is 5.75 Å². The van der Waals surface area contributed by atoms with E-state index in [4.69, 9.17) is 10.1 Å². The zero-order valence-electron chi connectivity index (χ0n) is 12.5. The van der Waals surface area contributed by atoms with Crippen LogP contribution in [0.25, 0.3) is 0 Å². The third-order valence-corrected chi connectivity index (χ3v) is 2.93. The van der Waals surface area contributed by atoms with Crippen LogP contribution in [0.5, 0.6) is 5.75 Å². The minimum Gasteiger partial charge on any atom is -0.493 e. The number of nitrogens with zero attached hydrogens (tertiary/aromatic N) is 1. The maximum absolute atomic E-state index is 7.74. The number of halogens is 1. The molecule has 0 fully saturated rings. The Balaban J connectivity index is 0.00000324. The quantitative estimate of drug-likeness (QED) is 0.659. The summed E-state index contributed by atoms with van der Waals surface area (Å²) in [6.07, 6.45) is 0.637. The van der Waals surface area contributed by atoms with Crippen molar-refractivity contribution in [3.8, 4) is 5.75 Å². The van der Waals surface area contributed by atoms with E-state index in [0.717, 1.165) is 5.75 Å². The molecule has 0 bridgehead atoms. The lowest BCUT2D eigenvalue weighted by atomic mass is 10.0. The summed E-state index contributed by atoms with van der Waals surface area (Å²) in [5, 5.41) is 7.74. The molecule has 0 unspecified atom stereocenters. The molecule has 1 aromatic rings. The minimum atomic E-state index is 0. The van der Waals surface area contributed by atoms with E-state index in [2.05, 4.69) is 39.0 Å². The van der Waals surface area contributed by atoms with Gasteiger partial charge in [-0.15, -0.1) is 12.4 Å². The van der Waals surface area contributed by atoms with Crippen LogP contribution < -0.4 is 4.74 Å². The van der Waals surface area contributed by atoms with Gasteiger partial charge >= 0.3 is 0 Å².